The van der Waals surface area contributed by atoms with E-state index >= 15 is 0 Å². The first-order valence-electron chi connectivity index (χ1n) is 6.72. The molecule has 1 aliphatic rings. The molecule has 0 aromatic heterocycles. The van der Waals surface area contributed by atoms with Gasteiger partial charge in [0, 0.05) is 19.0 Å². The minimum Gasteiger partial charge on any atom is -0.342 e. The van der Waals surface area contributed by atoms with Crippen molar-refractivity contribution in [3.8, 4) is 0 Å². The monoisotopic (exact) mass is 225 g/mol. The van der Waals surface area contributed by atoms with E-state index in [0.717, 1.165) is 24.9 Å². The van der Waals surface area contributed by atoms with Gasteiger partial charge >= 0.3 is 0 Å². The van der Waals surface area contributed by atoms with Crippen LogP contribution in [-0.2, 0) is 4.79 Å². The van der Waals surface area contributed by atoms with Crippen LogP contribution in [-0.4, -0.2) is 23.9 Å². The molecule has 94 valence electrons. The van der Waals surface area contributed by atoms with Crippen molar-refractivity contribution in [1.82, 2.24) is 4.90 Å². The molecule has 16 heavy (non-hydrogen) atoms. The Kier molecular flexibility index (Phi) is 4.82. The molecule has 0 unspecified atom stereocenters. The van der Waals surface area contributed by atoms with Gasteiger partial charge < -0.3 is 4.90 Å². The van der Waals surface area contributed by atoms with Gasteiger partial charge in [-0.15, -0.1) is 0 Å². The van der Waals surface area contributed by atoms with Gasteiger partial charge in [0.25, 0.3) is 0 Å². The van der Waals surface area contributed by atoms with Crippen LogP contribution in [0.1, 0.15) is 47.5 Å². The third-order valence-corrected chi connectivity index (χ3v) is 4.18. The van der Waals surface area contributed by atoms with Crippen LogP contribution in [0, 0.1) is 23.7 Å². The molecule has 0 spiro atoms. The highest BCUT2D eigenvalue weighted by molar-refractivity contribution is 5.78. The first kappa shape index (κ1) is 13.5. The molecule has 2 heteroatoms. The van der Waals surface area contributed by atoms with Gasteiger partial charge in [0.1, 0.15) is 0 Å². The quantitative estimate of drug-likeness (QED) is 0.722. The molecule has 1 aliphatic heterocycles. The summed E-state index contributed by atoms with van der Waals surface area (Å²) in [6, 6.07) is 0. The van der Waals surface area contributed by atoms with E-state index in [9.17, 15) is 4.79 Å². The number of carbonyl (C=O) groups excluding carboxylic acids is 1. The first-order valence-corrected chi connectivity index (χ1v) is 6.72. The predicted octanol–water partition coefficient (Wildman–Crippen LogP) is 3.17. The highest BCUT2D eigenvalue weighted by Crippen LogP contribution is 2.26. The fraction of sp³-hybridized carbons (Fsp3) is 0.929. The van der Waals surface area contributed by atoms with E-state index in [4.69, 9.17) is 0 Å². The lowest BCUT2D eigenvalue weighted by Gasteiger charge is -2.35. The number of nitrogens with zero attached hydrogens (tertiary/aromatic N) is 1. The van der Waals surface area contributed by atoms with Crippen LogP contribution in [0.15, 0.2) is 0 Å². The Labute approximate surface area is 100 Å². The Morgan fingerprint density at radius 3 is 1.94 bits per heavy atom. The molecule has 0 aliphatic carbocycles. The Morgan fingerprint density at radius 1 is 1.06 bits per heavy atom. The van der Waals surface area contributed by atoms with Crippen molar-refractivity contribution in [3.63, 3.8) is 0 Å². The molecule has 0 radical (unpaired) electrons. The largest absolute Gasteiger partial charge is 0.342 e. The number of rotatable bonds is 3. The van der Waals surface area contributed by atoms with Crippen molar-refractivity contribution >= 4 is 5.91 Å². The molecule has 1 fully saturated rings. The molecule has 0 saturated carbocycles. The molecule has 1 heterocycles. The topological polar surface area (TPSA) is 20.3 Å². The summed E-state index contributed by atoms with van der Waals surface area (Å²) in [5.74, 6) is 2.57. The van der Waals surface area contributed by atoms with Crippen LogP contribution < -0.4 is 0 Å². The summed E-state index contributed by atoms with van der Waals surface area (Å²) < 4.78 is 0. The van der Waals surface area contributed by atoms with Crippen molar-refractivity contribution in [2.24, 2.45) is 23.7 Å². The average Bonchev–Trinajstić information content (AvgIpc) is 2.27. The van der Waals surface area contributed by atoms with Gasteiger partial charge in [0.2, 0.25) is 5.91 Å². The summed E-state index contributed by atoms with van der Waals surface area (Å²) in [4.78, 5) is 14.2. The zero-order valence-corrected chi connectivity index (χ0v) is 11.5. The van der Waals surface area contributed by atoms with Crippen LogP contribution >= 0.6 is 0 Å². The second-order valence-electron chi connectivity index (χ2n) is 5.94. The molecule has 1 atom stereocenters. The minimum absolute atomic E-state index is 0.176. The Hall–Kier alpha value is -0.530. The maximum atomic E-state index is 12.1. The number of hydrogen-bond acceptors (Lipinski definition) is 1. The lowest BCUT2D eigenvalue weighted by molar-refractivity contribution is -0.137. The first-order chi connectivity index (χ1) is 7.43. The summed E-state index contributed by atoms with van der Waals surface area (Å²) in [6.07, 6.45) is 2.38. The number of hydrogen-bond donors (Lipinski definition) is 0. The van der Waals surface area contributed by atoms with Gasteiger partial charge in [-0.25, -0.2) is 0 Å². The van der Waals surface area contributed by atoms with Crippen molar-refractivity contribution in [2.45, 2.75) is 47.5 Å². The number of piperidine rings is 1. The molecule has 0 bridgehead atoms. The highest BCUT2D eigenvalue weighted by atomic mass is 16.2. The summed E-state index contributed by atoms with van der Waals surface area (Å²) in [5, 5.41) is 0. The van der Waals surface area contributed by atoms with Gasteiger partial charge in [0.15, 0.2) is 0 Å². The predicted molar refractivity (Wildman–Crippen MR) is 68.1 cm³/mol. The Balaban J connectivity index is 2.45. The normalized spacial score (nSPS) is 20.6. The average molecular weight is 225 g/mol. The van der Waals surface area contributed by atoms with Crippen molar-refractivity contribution in [3.05, 3.63) is 0 Å². The zero-order chi connectivity index (χ0) is 12.3. The van der Waals surface area contributed by atoms with Crippen molar-refractivity contribution < 1.29 is 4.79 Å². The van der Waals surface area contributed by atoms with Gasteiger partial charge in [-0.05, 0) is 30.6 Å². The SMILES string of the molecule is CC(C)C1CCN(C(=O)[C@H](C)C(C)C)CC1. The maximum absolute atomic E-state index is 12.1. The second-order valence-corrected chi connectivity index (χ2v) is 5.94. The molecule has 1 saturated heterocycles. The second kappa shape index (κ2) is 5.70. The molecule has 1 amide bonds. The van der Waals surface area contributed by atoms with E-state index in [2.05, 4.69) is 39.5 Å². The number of carbonyl (C=O) groups is 1. The van der Waals surface area contributed by atoms with E-state index in [1.807, 2.05) is 0 Å². The van der Waals surface area contributed by atoms with E-state index in [-0.39, 0.29) is 5.92 Å². The van der Waals surface area contributed by atoms with E-state index in [1.54, 1.807) is 0 Å². The van der Waals surface area contributed by atoms with Crippen molar-refractivity contribution in [1.29, 1.82) is 0 Å². The van der Waals surface area contributed by atoms with Gasteiger partial charge in [-0.3, -0.25) is 4.79 Å². The third kappa shape index (κ3) is 3.23. The summed E-state index contributed by atoms with van der Waals surface area (Å²) >= 11 is 0. The molecule has 1 rings (SSSR count). The van der Waals surface area contributed by atoms with Crippen LogP contribution in [0.25, 0.3) is 0 Å². The standard InChI is InChI=1S/C14H27NO/c1-10(2)12(5)14(16)15-8-6-13(7-9-15)11(3)4/h10-13H,6-9H2,1-5H3/t12-/m1/s1. The minimum atomic E-state index is 0.176. The molecule has 2 nitrogen and oxygen atoms in total. The maximum Gasteiger partial charge on any atom is 0.225 e. The molecule has 0 aromatic carbocycles. The summed E-state index contributed by atoms with van der Waals surface area (Å²) in [7, 11) is 0. The lowest BCUT2D eigenvalue weighted by atomic mass is 9.86. The fourth-order valence-corrected chi connectivity index (χ4v) is 2.36. The van der Waals surface area contributed by atoms with E-state index < -0.39 is 0 Å². The van der Waals surface area contributed by atoms with Crippen LogP contribution in [0.4, 0.5) is 0 Å². The van der Waals surface area contributed by atoms with Crippen LogP contribution in [0.5, 0.6) is 0 Å². The van der Waals surface area contributed by atoms with Gasteiger partial charge in [0.05, 0.1) is 0 Å². The van der Waals surface area contributed by atoms with Gasteiger partial charge in [-0.1, -0.05) is 34.6 Å². The highest BCUT2D eigenvalue weighted by Gasteiger charge is 2.28. The van der Waals surface area contributed by atoms with Crippen LogP contribution in [0.3, 0.4) is 0 Å². The van der Waals surface area contributed by atoms with Crippen LogP contribution in [0.2, 0.25) is 0 Å². The van der Waals surface area contributed by atoms with E-state index in [1.165, 1.54) is 12.8 Å². The Morgan fingerprint density at radius 2 is 1.56 bits per heavy atom. The summed E-state index contributed by atoms with van der Waals surface area (Å²) in [5.41, 5.74) is 0. The molecular formula is C14H27NO. The van der Waals surface area contributed by atoms with E-state index in [0.29, 0.717) is 11.8 Å². The molecule has 0 aromatic rings. The summed E-state index contributed by atoms with van der Waals surface area (Å²) in [6.45, 7) is 12.8. The van der Waals surface area contributed by atoms with Gasteiger partial charge in [-0.2, -0.15) is 0 Å². The Bertz CT molecular complexity index is 227. The molecular weight excluding hydrogens is 198 g/mol. The third-order valence-electron chi connectivity index (χ3n) is 4.18. The smallest absolute Gasteiger partial charge is 0.225 e. The zero-order valence-electron chi connectivity index (χ0n) is 11.5. The lowest BCUT2D eigenvalue weighted by Crippen LogP contribution is -2.43. The number of likely N-dealkylation sites (tertiary alicyclic amines) is 1. The number of amides is 1. The fourth-order valence-electron chi connectivity index (χ4n) is 2.36. The van der Waals surface area contributed by atoms with Crippen molar-refractivity contribution in [2.75, 3.05) is 13.1 Å². The molecule has 0 N–H and O–H groups in total.